The van der Waals surface area contributed by atoms with Gasteiger partial charge in [-0.3, -0.25) is 0 Å². The van der Waals surface area contributed by atoms with E-state index >= 15 is 0 Å². The van der Waals surface area contributed by atoms with Crippen molar-refractivity contribution in [2.75, 3.05) is 0 Å². The molecule has 1 nitrogen and oxygen atoms in total. The Balaban J connectivity index is 0.00000289. The SMILES string of the molecule is CCCC[C@H](N)c1cc(F)cc(C(F)(F)F)c1.Cl. The van der Waals surface area contributed by atoms with Crippen LogP contribution in [0.15, 0.2) is 18.2 Å². The Morgan fingerprint density at radius 3 is 2.33 bits per heavy atom. The highest BCUT2D eigenvalue weighted by Gasteiger charge is 2.31. The molecule has 0 saturated carbocycles. The van der Waals surface area contributed by atoms with Gasteiger partial charge in [0.05, 0.1) is 5.56 Å². The molecule has 0 saturated heterocycles. The molecule has 18 heavy (non-hydrogen) atoms. The van der Waals surface area contributed by atoms with E-state index in [0.717, 1.165) is 25.0 Å². The van der Waals surface area contributed by atoms with E-state index in [4.69, 9.17) is 5.73 Å². The van der Waals surface area contributed by atoms with Crippen molar-refractivity contribution in [2.45, 2.75) is 38.4 Å². The van der Waals surface area contributed by atoms with Crippen molar-refractivity contribution >= 4 is 12.4 Å². The summed E-state index contributed by atoms with van der Waals surface area (Å²) in [4.78, 5) is 0. The first-order valence-electron chi connectivity index (χ1n) is 5.48. The molecule has 0 bridgehead atoms. The molecule has 0 radical (unpaired) electrons. The normalized spacial score (nSPS) is 13.0. The van der Waals surface area contributed by atoms with Crippen molar-refractivity contribution in [3.8, 4) is 0 Å². The first-order valence-corrected chi connectivity index (χ1v) is 5.48. The van der Waals surface area contributed by atoms with E-state index in [-0.39, 0.29) is 18.0 Å². The largest absolute Gasteiger partial charge is 0.416 e. The second kappa shape index (κ2) is 6.95. The second-order valence-corrected chi connectivity index (χ2v) is 4.02. The number of alkyl halides is 3. The summed E-state index contributed by atoms with van der Waals surface area (Å²) < 4.78 is 50.5. The Kier molecular flexibility index (Phi) is 6.63. The summed E-state index contributed by atoms with van der Waals surface area (Å²) >= 11 is 0. The van der Waals surface area contributed by atoms with E-state index < -0.39 is 23.6 Å². The summed E-state index contributed by atoms with van der Waals surface area (Å²) in [6.45, 7) is 1.96. The zero-order chi connectivity index (χ0) is 13.1. The maximum Gasteiger partial charge on any atom is 0.416 e. The molecule has 1 aromatic carbocycles. The van der Waals surface area contributed by atoms with E-state index in [2.05, 4.69) is 0 Å². The topological polar surface area (TPSA) is 26.0 Å². The summed E-state index contributed by atoms with van der Waals surface area (Å²) in [5.41, 5.74) is 4.94. The van der Waals surface area contributed by atoms with E-state index in [0.29, 0.717) is 12.5 Å². The van der Waals surface area contributed by atoms with Crippen LogP contribution in [0.5, 0.6) is 0 Å². The number of nitrogens with two attached hydrogens (primary N) is 1. The Labute approximate surface area is 110 Å². The van der Waals surface area contributed by atoms with Crippen molar-refractivity contribution < 1.29 is 17.6 Å². The summed E-state index contributed by atoms with van der Waals surface area (Å²) in [5, 5.41) is 0. The van der Waals surface area contributed by atoms with Gasteiger partial charge in [-0.25, -0.2) is 4.39 Å². The highest BCUT2D eigenvalue weighted by molar-refractivity contribution is 5.85. The van der Waals surface area contributed by atoms with Gasteiger partial charge in [-0.1, -0.05) is 19.8 Å². The minimum absolute atomic E-state index is 0. The number of halogens is 5. The molecule has 0 heterocycles. The van der Waals surface area contributed by atoms with Crippen LogP contribution in [0.25, 0.3) is 0 Å². The van der Waals surface area contributed by atoms with Crippen LogP contribution < -0.4 is 5.73 Å². The molecular weight excluding hydrogens is 270 g/mol. The molecule has 104 valence electrons. The van der Waals surface area contributed by atoms with Crippen molar-refractivity contribution in [3.63, 3.8) is 0 Å². The second-order valence-electron chi connectivity index (χ2n) is 4.02. The maximum absolute atomic E-state index is 13.1. The quantitative estimate of drug-likeness (QED) is 0.812. The van der Waals surface area contributed by atoms with E-state index in [1.165, 1.54) is 0 Å². The monoisotopic (exact) mass is 285 g/mol. The van der Waals surface area contributed by atoms with Crippen LogP contribution in [0.3, 0.4) is 0 Å². The van der Waals surface area contributed by atoms with Crippen LogP contribution >= 0.6 is 12.4 Å². The molecule has 0 fully saturated rings. The molecule has 0 spiro atoms. The summed E-state index contributed by atoms with van der Waals surface area (Å²) in [5.74, 6) is -0.901. The lowest BCUT2D eigenvalue weighted by atomic mass is 9.99. The van der Waals surface area contributed by atoms with Crippen LogP contribution in [0.1, 0.15) is 43.4 Å². The van der Waals surface area contributed by atoms with Gasteiger partial charge in [0, 0.05) is 6.04 Å². The first-order chi connectivity index (χ1) is 7.84. The highest BCUT2D eigenvalue weighted by Crippen LogP contribution is 2.32. The Morgan fingerprint density at radius 1 is 1.22 bits per heavy atom. The average molecular weight is 286 g/mol. The molecule has 1 aromatic rings. The first kappa shape index (κ1) is 17.2. The van der Waals surface area contributed by atoms with Gasteiger partial charge >= 0.3 is 6.18 Å². The third-order valence-electron chi connectivity index (χ3n) is 2.54. The summed E-state index contributed by atoms with van der Waals surface area (Å²) in [6.07, 6.45) is -2.28. The third-order valence-corrected chi connectivity index (χ3v) is 2.54. The van der Waals surface area contributed by atoms with Crippen LogP contribution in [0.4, 0.5) is 17.6 Å². The molecule has 0 amide bonds. The Morgan fingerprint density at radius 2 is 1.83 bits per heavy atom. The van der Waals surface area contributed by atoms with Crippen molar-refractivity contribution in [1.29, 1.82) is 0 Å². The lowest BCUT2D eigenvalue weighted by Gasteiger charge is -2.14. The fourth-order valence-electron chi connectivity index (χ4n) is 1.58. The van der Waals surface area contributed by atoms with Crippen LogP contribution in [0, 0.1) is 5.82 Å². The molecule has 0 aliphatic heterocycles. The lowest BCUT2D eigenvalue weighted by molar-refractivity contribution is -0.137. The smallest absolute Gasteiger partial charge is 0.324 e. The highest BCUT2D eigenvalue weighted by atomic mass is 35.5. The van der Waals surface area contributed by atoms with Crippen LogP contribution in [0.2, 0.25) is 0 Å². The van der Waals surface area contributed by atoms with Gasteiger partial charge in [-0.05, 0) is 30.2 Å². The molecule has 1 rings (SSSR count). The summed E-state index contributed by atoms with van der Waals surface area (Å²) in [7, 11) is 0. The van der Waals surface area contributed by atoms with Gasteiger partial charge in [-0.15, -0.1) is 12.4 Å². The Hall–Kier alpha value is -0.810. The summed E-state index contributed by atoms with van der Waals surface area (Å²) in [6, 6.07) is 1.92. The van der Waals surface area contributed by atoms with Crippen LogP contribution in [-0.2, 0) is 6.18 Å². The van der Waals surface area contributed by atoms with Crippen molar-refractivity contribution in [1.82, 2.24) is 0 Å². The van der Waals surface area contributed by atoms with Gasteiger partial charge in [0.15, 0.2) is 0 Å². The van der Waals surface area contributed by atoms with Gasteiger partial charge < -0.3 is 5.73 Å². The minimum atomic E-state index is -4.54. The third kappa shape index (κ3) is 4.82. The Bertz CT molecular complexity index is 379. The fourth-order valence-corrected chi connectivity index (χ4v) is 1.58. The molecular formula is C12H16ClF4N. The standard InChI is InChI=1S/C12H15F4N.ClH/c1-2-3-4-11(17)8-5-9(12(14,15)16)7-10(13)6-8;/h5-7,11H,2-4,17H2,1H3;1H/t11-;/m0./s1. The predicted octanol–water partition coefficient (Wildman–Crippen LogP) is 4.46. The number of unbranched alkanes of at least 4 members (excludes halogenated alkanes) is 1. The molecule has 0 unspecified atom stereocenters. The van der Waals surface area contributed by atoms with Gasteiger partial charge in [0.2, 0.25) is 0 Å². The van der Waals surface area contributed by atoms with Crippen LogP contribution in [-0.4, -0.2) is 0 Å². The number of hydrogen-bond acceptors (Lipinski definition) is 1. The number of rotatable bonds is 4. The van der Waals surface area contributed by atoms with E-state index in [1.807, 2.05) is 6.92 Å². The number of benzene rings is 1. The predicted molar refractivity (Wildman–Crippen MR) is 65.1 cm³/mol. The molecule has 6 heteroatoms. The molecule has 2 N–H and O–H groups in total. The van der Waals surface area contributed by atoms with Crippen molar-refractivity contribution in [2.24, 2.45) is 5.73 Å². The van der Waals surface area contributed by atoms with Gasteiger partial charge in [0.25, 0.3) is 0 Å². The zero-order valence-corrected chi connectivity index (χ0v) is 10.7. The zero-order valence-electron chi connectivity index (χ0n) is 9.93. The van der Waals surface area contributed by atoms with Gasteiger partial charge in [0.1, 0.15) is 5.82 Å². The van der Waals surface area contributed by atoms with E-state index in [1.54, 1.807) is 0 Å². The molecule has 0 aromatic heterocycles. The average Bonchev–Trinajstić information content (AvgIpc) is 2.23. The van der Waals surface area contributed by atoms with E-state index in [9.17, 15) is 17.6 Å². The molecule has 1 atom stereocenters. The molecule has 0 aliphatic carbocycles. The number of hydrogen-bond donors (Lipinski definition) is 1. The minimum Gasteiger partial charge on any atom is -0.324 e. The lowest BCUT2D eigenvalue weighted by Crippen LogP contribution is -2.13. The maximum atomic E-state index is 13.1. The molecule has 0 aliphatic rings. The van der Waals surface area contributed by atoms with Gasteiger partial charge in [-0.2, -0.15) is 13.2 Å². The fraction of sp³-hybridized carbons (Fsp3) is 0.500. The van der Waals surface area contributed by atoms with Crippen molar-refractivity contribution in [3.05, 3.63) is 35.1 Å².